The largest absolute Gasteiger partial charge is 0.367 e. The molecule has 0 aliphatic carbocycles. The molecule has 0 amide bonds. The standard InChI is InChI=1S/C16H23BrN4/c1-5-18-12(2)14-7-6-13(17)10-15(14)21(4)11-16-19-8-9-20(16)3/h6-10,12,18H,5,11H2,1-4H3. The van der Waals surface area contributed by atoms with Crippen LogP contribution < -0.4 is 10.2 Å². The first-order valence-electron chi connectivity index (χ1n) is 7.23. The first kappa shape index (κ1) is 16.0. The van der Waals surface area contributed by atoms with Crippen LogP contribution in [0.1, 0.15) is 31.3 Å². The Balaban J connectivity index is 2.28. The fraction of sp³-hybridized carbons (Fsp3) is 0.438. The molecule has 0 aliphatic rings. The van der Waals surface area contributed by atoms with Crippen LogP contribution in [0.3, 0.4) is 0 Å². The molecule has 0 saturated heterocycles. The van der Waals surface area contributed by atoms with Gasteiger partial charge < -0.3 is 14.8 Å². The van der Waals surface area contributed by atoms with Crippen molar-refractivity contribution in [2.75, 3.05) is 18.5 Å². The molecule has 21 heavy (non-hydrogen) atoms. The van der Waals surface area contributed by atoms with Crippen molar-refractivity contribution in [1.29, 1.82) is 0 Å². The van der Waals surface area contributed by atoms with Crippen LogP contribution in [0.4, 0.5) is 5.69 Å². The van der Waals surface area contributed by atoms with E-state index in [1.165, 1.54) is 11.3 Å². The number of rotatable bonds is 6. The van der Waals surface area contributed by atoms with Gasteiger partial charge in [-0.3, -0.25) is 0 Å². The number of nitrogens with one attached hydrogen (secondary N) is 1. The molecule has 1 unspecified atom stereocenters. The quantitative estimate of drug-likeness (QED) is 0.865. The van der Waals surface area contributed by atoms with E-state index < -0.39 is 0 Å². The lowest BCUT2D eigenvalue weighted by molar-refractivity contribution is 0.596. The van der Waals surface area contributed by atoms with Crippen LogP contribution in [0.2, 0.25) is 0 Å². The van der Waals surface area contributed by atoms with Crippen molar-refractivity contribution < 1.29 is 0 Å². The van der Waals surface area contributed by atoms with Crippen molar-refractivity contribution >= 4 is 21.6 Å². The van der Waals surface area contributed by atoms with Gasteiger partial charge in [-0.05, 0) is 31.2 Å². The SMILES string of the molecule is CCNC(C)c1ccc(Br)cc1N(C)Cc1nccn1C. The van der Waals surface area contributed by atoms with E-state index in [9.17, 15) is 0 Å². The Morgan fingerprint density at radius 1 is 1.43 bits per heavy atom. The third kappa shape index (κ3) is 3.86. The summed E-state index contributed by atoms with van der Waals surface area (Å²) in [4.78, 5) is 6.65. The van der Waals surface area contributed by atoms with Gasteiger partial charge in [0.15, 0.2) is 0 Å². The van der Waals surface area contributed by atoms with Crippen LogP contribution in [-0.4, -0.2) is 23.1 Å². The molecule has 0 spiro atoms. The summed E-state index contributed by atoms with van der Waals surface area (Å²) in [5.74, 6) is 1.06. The molecule has 0 saturated carbocycles. The minimum atomic E-state index is 0.321. The summed E-state index contributed by atoms with van der Waals surface area (Å²) in [7, 11) is 4.14. The monoisotopic (exact) mass is 350 g/mol. The van der Waals surface area contributed by atoms with Crippen LogP contribution in [0, 0.1) is 0 Å². The molecule has 1 aromatic heterocycles. The van der Waals surface area contributed by atoms with Crippen molar-refractivity contribution in [2.24, 2.45) is 7.05 Å². The normalized spacial score (nSPS) is 12.4. The number of benzene rings is 1. The van der Waals surface area contributed by atoms with Gasteiger partial charge in [-0.1, -0.05) is 28.9 Å². The van der Waals surface area contributed by atoms with Crippen molar-refractivity contribution in [1.82, 2.24) is 14.9 Å². The van der Waals surface area contributed by atoms with E-state index in [1.54, 1.807) is 0 Å². The Morgan fingerprint density at radius 2 is 2.19 bits per heavy atom. The summed E-state index contributed by atoms with van der Waals surface area (Å²) in [6.45, 7) is 6.07. The molecule has 114 valence electrons. The highest BCUT2D eigenvalue weighted by atomic mass is 79.9. The van der Waals surface area contributed by atoms with Gasteiger partial charge in [0.1, 0.15) is 5.82 Å². The predicted octanol–water partition coefficient (Wildman–Crippen LogP) is 3.49. The van der Waals surface area contributed by atoms with Gasteiger partial charge >= 0.3 is 0 Å². The van der Waals surface area contributed by atoms with Crippen molar-refractivity contribution in [2.45, 2.75) is 26.4 Å². The summed E-state index contributed by atoms with van der Waals surface area (Å²) >= 11 is 3.58. The highest BCUT2D eigenvalue weighted by Gasteiger charge is 2.14. The summed E-state index contributed by atoms with van der Waals surface area (Å²) in [6.07, 6.45) is 3.82. The summed E-state index contributed by atoms with van der Waals surface area (Å²) in [5, 5.41) is 3.48. The Hall–Kier alpha value is -1.33. The summed E-state index contributed by atoms with van der Waals surface area (Å²) in [6, 6.07) is 6.77. The smallest absolute Gasteiger partial charge is 0.127 e. The highest BCUT2D eigenvalue weighted by Crippen LogP contribution is 2.29. The topological polar surface area (TPSA) is 33.1 Å². The van der Waals surface area contributed by atoms with E-state index in [2.05, 4.69) is 74.8 Å². The number of hydrogen-bond donors (Lipinski definition) is 1. The van der Waals surface area contributed by atoms with Crippen LogP contribution in [-0.2, 0) is 13.6 Å². The Morgan fingerprint density at radius 3 is 2.81 bits per heavy atom. The second-order valence-corrected chi connectivity index (χ2v) is 6.21. The fourth-order valence-electron chi connectivity index (χ4n) is 2.48. The van der Waals surface area contributed by atoms with E-state index in [0.717, 1.165) is 23.4 Å². The molecule has 2 rings (SSSR count). The molecule has 1 heterocycles. The second-order valence-electron chi connectivity index (χ2n) is 5.29. The molecule has 0 aliphatic heterocycles. The van der Waals surface area contributed by atoms with Gasteiger partial charge in [-0.25, -0.2) is 4.98 Å². The Kier molecular flexibility index (Phi) is 5.42. The lowest BCUT2D eigenvalue weighted by Gasteiger charge is -2.25. The van der Waals surface area contributed by atoms with Gasteiger partial charge in [0.2, 0.25) is 0 Å². The van der Waals surface area contributed by atoms with E-state index in [4.69, 9.17) is 0 Å². The molecule has 0 radical (unpaired) electrons. The van der Waals surface area contributed by atoms with E-state index >= 15 is 0 Å². The molecule has 1 aromatic carbocycles. The van der Waals surface area contributed by atoms with Crippen LogP contribution in [0.5, 0.6) is 0 Å². The highest BCUT2D eigenvalue weighted by molar-refractivity contribution is 9.10. The number of anilines is 1. The average molecular weight is 351 g/mol. The van der Waals surface area contributed by atoms with Crippen molar-refractivity contribution in [3.63, 3.8) is 0 Å². The minimum absolute atomic E-state index is 0.321. The summed E-state index contributed by atoms with van der Waals surface area (Å²) < 4.78 is 3.15. The third-order valence-corrected chi connectivity index (χ3v) is 4.17. The molecule has 1 atom stereocenters. The predicted molar refractivity (Wildman–Crippen MR) is 91.5 cm³/mol. The van der Waals surface area contributed by atoms with E-state index in [0.29, 0.717) is 6.04 Å². The Bertz CT molecular complexity index is 594. The average Bonchev–Trinajstić information content (AvgIpc) is 2.84. The third-order valence-electron chi connectivity index (χ3n) is 3.68. The van der Waals surface area contributed by atoms with E-state index in [1.807, 2.05) is 19.4 Å². The van der Waals surface area contributed by atoms with Crippen LogP contribution in [0.15, 0.2) is 35.1 Å². The van der Waals surface area contributed by atoms with Crippen molar-refractivity contribution in [3.05, 3.63) is 46.5 Å². The zero-order chi connectivity index (χ0) is 15.4. The number of aromatic nitrogens is 2. The molecule has 1 N–H and O–H groups in total. The lowest BCUT2D eigenvalue weighted by Crippen LogP contribution is -2.24. The Labute approximate surface area is 135 Å². The molecule has 5 heteroatoms. The fourth-order valence-corrected chi connectivity index (χ4v) is 2.82. The van der Waals surface area contributed by atoms with Crippen LogP contribution in [0.25, 0.3) is 0 Å². The van der Waals surface area contributed by atoms with Gasteiger partial charge in [-0.2, -0.15) is 0 Å². The maximum Gasteiger partial charge on any atom is 0.127 e. The first-order valence-corrected chi connectivity index (χ1v) is 8.02. The number of imidazole rings is 1. The van der Waals surface area contributed by atoms with Crippen molar-refractivity contribution in [3.8, 4) is 0 Å². The molecular formula is C16H23BrN4. The van der Waals surface area contributed by atoms with E-state index in [-0.39, 0.29) is 0 Å². The molecule has 4 nitrogen and oxygen atoms in total. The van der Waals surface area contributed by atoms with Gasteiger partial charge in [0.25, 0.3) is 0 Å². The molecule has 2 aromatic rings. The van der Waals surface area contributed by atoms with Gasteiger partial charge in [0.05, 0.1) is 6.54 Å². The zero-order valence-corrected chi connectivity index (χ0v) is 14.7. The first-order chi connectivity index (χ1) is 10.0. The molecule has 0 fully saturated rings. The minimum Gasteiger partial charge on any atom is -0.367 e. The number of hydrogen-bond acceptors (Lipinski definition) is 3. The number of halogens is 1. The lowest BCUT2D eigenvalue weighted by atomic mass is 10.1. The zero-order valence-electron chi connectivity index (χ0n) is 13.1. The number of aryl methyl sites for hydroxylation is 1. The number of nitrogens with zero attached hydrogens (tertiary/aromatic N) is 3. The summed E-state index contributed by atoms with van der Waals surface area (Å²) in [5.41, 5.74) is 2.53. The van der Waals surface area contributed by atoms with Gasteiger partial charge in [-0.15, -0.1) is 0 Å². The second kappa shape index (κ2) is 7.09. The van der Waals surface area contributed by atoms with Gasteiger partial charge in [0, 0.05) is 42.7 Å². The maximum absolute atomic E-state index is 4.41. The maximum atomic E-state index is 4.41. The van der Waals surface area contributed by atoms with Crippen LogP contribution >= 0.6 is 15.9 Å². The molecular weight excluding hydrogens is 328 g/mol. The molecule has 0 bridgehead atoms.